The number of nitrogens with one attached hydrogen (secondary N) is 2. The number of rotatable bonds is 6. The van der Waals surface area contributed by atoms with Crippen LogP contribution in [0.3, 0.4) is 0 Å². The Morgan fingerprint density at radius 1 is 0.938 bits per heavy atom. The minimum atomic E-state index is -0.606. The Balaban J connectivity index is 1.67. The summed E-state index contributed by atoms with van der Waals surface area (Å²) >= 11 is 0. The van der Waals surface area contributed by atoms with E-state index in [0.29, 0.717) is 23.5 Å². The zero-order valence-electron chi connectivity index (χ0n) is 17.4. The Kier molecular flexibility index (Phi) is 6.07. The number of amides is 2. The maximum atomic E-state index is 14.4. The van der Waals surface area contributed by atoms with Gasteiger partial charge in [0.2, 0.25) is 5.91 Å². The Hall–Kier alpha value is -4.26. The van der Waals surface area contributed by atoms with E-state index in [2.05, 4.69) is 15.7 Å². The van der Waals surface area contributed by atoms with Crippen LogP contribution in [-0.2, 0) is 11.3 Å². The van der Waals surface area contributed by atoms with Gasteiger partial charge in [-0.05, 0) is 23.8 Å². The average molecular weight is 428 g/mol. The molecule has 2 N–H and O–H groups in total. The first-order valence-electron chi connectivity index (χ1n) is 10.0. The molecule has 0 aliphatic carbocycles. The summed E-state index contributed by atoms with van der Waals surface area (Å²) in [5.41, 5.74) is 2.98. The van der Waals surface area contributed by atoms with Crippen LogP contribution in [0.5, 0.6) is 0 Å². The topological polar surface area (TPSA) is 76.0 Å². The molecule has 0 bridgehead atoms. The third kappa shape index (κ3) is 4.89. The molecule has 1 heterocycles. The summed E-state index contributed by atoms with van der Waals surface area (Å²) < 4.78 is 16.0. The smallest absolute Gasteiger partial charge is 0.259 e. The van der Waals surface area contributed by atoms with Crippen LogP contribution in [-0.4, -0.2) is 21.6 Å². The molecule has 0 saturated heterocycles. The number of aromatic nitrogens is 2. The van der Waals surface area contributed by atoms with Gasteiger partial charge in [0.15, 0.2) is 0 Å². The molecule has 0 spiro atoms. The molecule has 0 fully saturated rings. The summed E-state index contributed by atoms with van der Waals surface area (Å²) in [5.74, 6) is -1.39. The first kappa shape index (κ1) is 21.0. The third-order valence-corrected chi connectivity index (χ3v) is 4.78. The van der Waals surface area contributed by atoms with Gasteiger partial charge in [-0.25, -0.2) is 4.39 Å². The third-order valence-electron chi connectivity index (χ3n) is 4.78. The lowest BCUT2D eigenvalue weighted by molar-refractivity contribution is -0.114. The highest BCUT2D eigenvalue weighted by Gasteiger charge is 2.19. The Morgan fingerprint density at radius 2 is 1.62 bits per heavy atom. The maximum Gasteiger partial charge on any atom is 0.259 e. The summed E-state index contributed by atoms with van der Waals surface area (Å²) in [7, 11) is 0. The van der Waals surface area contributed by atoms with Crippen molar-refractivity contribution in [1.29, 1.82) is 0 Å². The van der Waals surface area contributed by atoms with Gasteiger partial charge in [0.05, 0.1) is 17.8 Å². The van der Waals surface area contributed by atoms with E-state index in [0.717, 1.165) is 11.1 Å². The first-order valence-corrected chi connectivity index (χ1v) is 10.0. The normalized spacial score (nSPS) is 10.6. The number of nitrogens with zero attached hydrogens (tertiary/aromatic N) is 2. The summed E-state index contributed by atoms with van der Waals surface area (Å²) in [4.78, 5) is 24.4. The Morgan fingerprint density at radius 3 is 2.31 bits per heavy atom. The van der Waals surface area contributed by atoms with Crippen LogP contribution in [0, 0.1) is 5.82 Å². The fourth-order valence-corrected chi connectivity index (χ4v) is 3.34. The van der Waals surface area contributed by atoms with Gasteiger partial charge in [0.25, 0.3) is 5.91 Å². The van der Waals surface area contributed by atoms with Crippen molar-refractivity contribution in [2.24, 2.45) is 0 Å². The predicted molar refractivity (Wildman–Crippen MR) is 122 cm³/mol. The van der Waals surface area contributed by atoms with Gasteiger partial charge in [0, 0.05) is 24.4 Å². The van der Waals surface area contributed by atoms with Crippen molar-refractivity contribution >= 4 is 23.2 Å². The van der Waals surface area contributed by atoms with Crippen LogP contribution >= 0.6 is 0 Å². The number of anilines is 2. The lowest BCUT2D eigenvalue weighted by Gasteiger charge is -2.09. The molecule has 0 radical (unpaired) electrons. The predicted octanol–water partition coefficient (Wildman–Crippen LogP) is 4.95. The number of hydrogen-bond acceptors (Lipinski definition) is 3. The number of benzene rings is 3. The Labute approximate surface area is 184 Å². The van der Waals surface area contributed by atoms with Gasteiger partial charge in [-0.2, -0.15) is 5.10 Å². The second-order valence-corrected chi connectivity index (χ2v) is 7.27. The van der Waals surface area contributed by atoms with Gasteiger partial charge in [0.1, 0.15) is 11.5 Å². The van der Waals surface area contributed by atoms with E-state index < -0.39 is 11.7 Å². The molecule has 0 aliphatic rings. The van der Waals surface area contributed by atoms with Gasteiger partial charge in [-0.1, -0.05) is 60.7 Å². The lowest BCUT2D eigenvalue weighted by Crippen LogP contribution is -2.14. The van der Waals surface area contributed by atoms with Crippen LogP contribution in [0.25, 0.3) is 11.3 Å². The minimum Gasteiger partial charge on any atom is -0.326 e. The van der Waals surface area contributed by atoms with Crippen molar-refractivity contribution in [3.63, 3.8) is 0 Å². The molecule has 0 saturated carbocycles. The molecule has 160 valence electrons. The van der Waals surface area contributed by atoms with E-state index in [1.165, 1.54) is 25.1 Å². The van der Waals surface area contributed by atoms with Crippen LogP contribution in [0.15, 0.2) is 85.1 Å². The van der Waals surface area contributed by atoms with Crippen LogP contribution in [0.4, 0.5) is 15.8 Å². The largest absolute Gasteiger partial charge is 0.326 e. The fourth-order valence-electron chi connectivity index (χ4n) is 3.34. The molecule has 0 unspecified atom stereocenters. The van der Waals surface area contributed by atoms with Crippen LogP contribution in [0.2, 0.25) is 0 Å². The number of carbonyl (C=O) groups excluding carboxylic acids is 2. The van der Waals surface area contributed by atoms with Crippen LogP contribution in [0.1, 0.15) is 22.8 Å². The van der Waals surface area contributed by atoms with Crippen molar-refractivity contribution in [1.82, 2.24) is 9.78 Å². The van der Waals surface area contributed by atoms with Crippen molar-refractivity contribution in [2.75, 3.05) is 10.6 Å². The van der Waals surface area contributed by atoms with Crippen LogP contribution < -0.4 is 10.6 Å². The highest BCUT2D eigenvalue weighted by molar-refractivity contribution is 6.08. The highest BCUT2D eigenvalue weighted by Crippen LogP contribution is 2.25. The monoisotopic (exact) mass is 428 g/mol. The van der Waals surface area contributed by atoms with E-state index in [1.807, 2.05) is 60.7 Å². The highest BCUT2D eigenvalue weighted by atomic mass is 19.1. The zero-order chi connectivity index (χ0) is 22.5. The molecule has 0 aliphatic heterocycles. The van der Waals surface area contributed by atoms with Crippen molar-refractivity contribution < 1.29 is 14.0 Å². The lowest BCUT2D eigenvalue weighted by atomic mass is 10.1. The summed E-state index contributed by atoms with van der Waals surface area (Å²) in [5, 5.41) is 9.81. The van der Waals surface area contributed by atoms with E-state index in [9.17, 15) is 14.0 Å². The maximum absolute atomic E-state index is 14.4. The molecule has 0 atom stereocenters. The molecular formula is C25H21FN4O2. The first-order chi connectivity index (χ1) is 15.5. The van der Waals surface area contributed by atoms with E-state index in [1.54, 1.807) is 10.9 Å². The van der Waals surface area contributed by atoms with Crippen molar-refractivity contribution in [2.45, 2.75) is 13.5 Å². The van der Waals surface area contributed by atoms with Crippen molar-refractivity contribution in [3.05, 3.63) is 102 Å². The van der Waals surface area contributed by atoms with Gasteiger partial charge in [-0.15, -0.1) is 0 Å². The van der Waals surface area contributed by atoms with Gasteiger partial charge < -0.3 is 10.6 Å². The van der Waals surface area contributed by atoms with E-state index in [4.69, 9.17) is 0 Å². The van der Waals surface area contributed by atoms with Gasteiger partial charge in [-0.3, -0.25) is 14.3 Å². The summed E-state index contributed by atoms with van der Waals surface area (Å²) in [6.07, 6.45) is 1.65. The average Bonchev–Trinajstić information content (AvgIpc) is 3.21. The summed E-state index contributed by atoms with van der Waals surface area (Å²) in [6.45, 7) is 1.84. The SMILES string of the molecule is CC(=O)Nc1ccc(F)c(NC(=O)c2cn(Cc3ccccc3)nc2-c2ccccc2)c1. The molecule has 3 aromatic carbocycles. The Bertz CT molecular complexity index is 1250. The molecule has 4 rings (SSSR count). The molecule has 2 amide bonds. The minimum absolute atomic E-state index is 0.0314. The second kappa shape index (κ2) is 9.26. The molecule has 4 aromatic rings. The van der Waals surface area contributed by atoms with Crippen molar-refractivity contribution in [3.8, 4) is 11.3 Å². The number of hydrogen-bond donors (Lipinski definition) is 2. The molecule has 32 heavy (non-hydrogen) atoms. The quantitative estimate of drug-likeness (QED) is 0.456. The van der Waals surface area contributed by atoms with E-state index in [-0.39, 0.29) is 11.6 Å². The molecule has 6 nitrogen and oxygen atoms in total. The van der Waals surface area contributed by atoms with Gasteiger partial charge >= 0.3 is 0 Å². The molecule has 7 heteroatoms. The molecule has 1 aromatic heterocycles. The molecular weight excluding hydrogens is 407 g/mol. The number of carbonyl (C=O) groups is 2. The standard InChI is InChI=1S/C25H21FN4O2/c1-17(31)27-20-12-13-22(26)23(14-20)28-25(32)21-16-30(15-18-8-4-2-5-9-18)29-24(21)19-10-6-3-7-11-19/h2-14,16H,15H2,1H3,(H,27,31)(H,28,32). The van der Waals surface area contributed by atoms with E-state index >= 15 is 0 Å². The second-order valence-electron chi connectivity index (χ2n) is 7.27. The summed E-state index contributed by atoms with van der Waals surface area (Å²) in [6, 6.07) is 23.1. The zero-order valence-corrected chi connectivity index (χ0v) is 17.4. The number of halogens is 1. The fraction of sp³-hybridized carbons (Fsp3) is 0.0800.